The Kier molecular flexibility index (Phi) is 7.25. The lowest BCUT2D eigenvalue weighted by atomic mass is 9.99. The van der Waals surface area contributed by atoms with Crippen LogP contribution < -0.4 is 31.5 Å². The lowest BCUT2D eigenvalue weighted by Gasteiger charge is -2.26. The summed E-state index contributed by atoms with van der Waals surface area (Å²) in [6.45, 7) is 9.56. The van der Waals surface area contributed by atoms with E-state index in [1.807, 2.05) is 4.90 Å². The largest absolute Gasteiger partial charge is 0.463 e. The number of hydrogen-bond donors (Lipinski definition) is 3. The van der Waals surface area contributed by atoms with Crippen molar-refractivity contribution in [3.63, 3.8) is 0 Å². The van der Waals surface area contributed by atoms with Crippen LogP contribution in [0.5, 0.6) is 6.01 Å². The van der Waals surface area contributed by atoms with Gasteiger partial charge >= 0.3 is 6.01 Å². The molecule has 1 aliphatic heterocycles. The molecule has 1 saturated heterocycles. The summed E-state index contributed by atoms with van der Waals surface area (Å²) in [7, 11) is 0. The van der Waals surface area contributed by atoms with Crippen LogP contribution in [0.15, 0.2) is 18.3 Å². The smallest absolute Gasteiger partial charge is 0.320 e. The van der Waals surface area contributed by atoms with Crippen molar-refractivity contribution < 1.29 is 9.53 Å². The molecule has 1 fully saturated rings. The second-order valence-electron chi connectivity index (χ2n) is 9.11. The van der Waals surface area contributed by atoms with Gasteiger partial charge in [0, 0.05) is 32.3 Å². The third kappa shape index (κ3) is 6.10. The van der Waals surface area contributed by atoms with E-state index in [4.69, 9.17) is 27.9 Å². The van der Waals surface area contributed by atoms with Crippen LogP contribution in [0.3, 0.4) is 0 Å². The number of ether oxygens (including phenoxy) is 1. The van der Waals surface area contributed by atoms with Gasteiger partial charge in [0.05, 0.1) is 23.9 Å². The van der Waals surface area contributed by atoms with E-state index in [0.29, 0.717) is 47.7 Å². The Bertz CT molecular complexity index is 965. The molecule has 174 valence electrons. The van der Waals surface area contributed by atoms with Crippen LogP contribution >= 0.6 is 11.6 Å². The molecule has 1 aliphatic rings. The number of hydrazine groups is 1. The second kappa shape index (κ2) is 9.74. The summed E-state index contributed by atoms with van der Waals surface area (Å²) in [5, 5.41) is 4.83. The highest BCUT2D eigenvalue weighted by Crippen LogP contribution is 2.34. The fourth-order valence-electron chi connectivity index (χ4n) is 3.36. The highest BCUT2D eigenvalue weighted by Gasteiger charge is 2.29. The summed E-state index contributed by atoms with van der Waals surface area (Å²) < 4.78 is 5.88. The zero-order chi connectivity index (χ0) is 23.5. The van der Waals surface area contributed by atoms with Gasteiger partial charge < -0.3 is 20.7 Å². The highest BCUT2D eigenvalue weighted by atomic mass is 35.5. The SMILES string of the molecule is CC(=O)NC1CCN(c2nc(OCC(C)(C)C)nc(N(N)Cc3ncccc3Cl)c2N)C1. The lowest BCUT2D eigenvalue weighted by Crippen LogP contribution is -2.36. The van der Waals surface area contributed by atoms with Gasteiger partial charge in [-0.25, -0.2) is 5.84 Å². The van der Waals surface area contributed by atoms with E-state index in [1.165, 1.54) is 11.9 Å². The molecule has 0 spiro atoms. The normalized spacial score (nSPS) is 16.2. The van der Waals surface area contributed by atoms with Crippen molar-refractivity contribution in [2.45, 2.75) is 46.7 Å². The quantitative estimate of drug-likeness (QED) is 0.417. The summed E-state index contributed by atoms with van der Waals surface area (Å²) in [6, 6.07) is 3.70. The van der Waals surface area contributed by atoms with Gasteiger partial charge in [0.1, 0.15) is 5.69 Å². The van der Waals surface area contributed by atoms with E-state index in [9.17, 15) is 4.79 Å². The van der Waals surface area contributed by atoms with Gasteiger partial charge in [-0.2, -0.15) is 9.97 Å². The van der Waals surface area contributed by atoms with Crippen molar-refractivity contribution in [3.8, 4) is 6.01 Å². The number of nitrogen functional groups attached to an aromatic ring is 1. The first-order valence-corrected chi connectivity index (χ1v) is 10.9. The van der Waals surface area contributed by atoms with Crippen molar-refractivity contribution in [2.75, 3.05) is 35.3 Å². The van der Waals surface area contributed by atoms with Gasteiger partial charge in [0.2, 0.25) is 5.91 Å². The molecule has 3 heterocycles. The molecule has 0 bridgehead atoms. The lowest BCUT2D eigenvalue weighted by molar-refractivity contribution is -0.119. The minimum absolute atomic E-state index is 0.0190. The first-order valence-electron chi connectivity index (χ1n) is 10.5. The van der Waals surface area contributed by atoms with Gasteiger partial charge in [-0.15, -0.1) is 0 Å². The summed E-state index contributed by atoms with van der Waals surface area (Å²) in [5.41, 5.74) is 7.31. The third-order valence-corrected chi connectivity index (χ3v) is 5.19. The minimum Gasteiger partial charge on any atom is -0.463 e. The van der Waals surface area contributed by atoms with Crippen LogP contribution in [0.4, 0.5) is 17.3 Å². The predicted molar refractivity (Wildman–Crippen MR) is 125 cm³/mol. The fraction of sp³-hybridized carbons (Fsp3) is 0.524. The molecule has 3 rings (SSSR count). The molecular formula is C21H31ClN8O2. The maximum Gasteiger partial charge on any atom is 0.320 e. The minimum atomic E-state index is -0.0842. The maximum atomic E-state index is 11.4. The molecule has 5 N–H and O–H groups in total. The molecule has 0 aliphatic carbocycles. The highest BCUT2D eigenvalue weighted by molar-refractivity contribution is 6.31. The van der Waals surface area contributed by atoms with Crippen molar-refractivity contribution in [1.29, 1.82) is 0 Å². The van der Waals surface area contributed by atoms with Crippen LogP contribution in [0, 0.1) is 5.41 Å². The topological polar surface area (TPSA) is 136 Å². The molecule has 2 aromatic rings. The van der Waals surface area contributed by atoms with E-state index in [0.717, 1.165) is 6.42 Å². The summed E-state index contributed by atoms with van der Waals surface area (Å²) in [4.78, 5) is 26.8. The zero-order valence-corrected chi connectivity index (χ0v) is 19.7. The van der Waals surface area contributed by atoms with Crippen LogP contribution in [0.1, 0.15) is 39.8 Å². The Hall–Kier alpha value is -2.85. The zero-order valence-electron chi connectivity index (χ0n) is 18.9. The van der Waals surface area contributed by atoms with Crippen LogP contribution in [0.2, 0.25) is 5.02 Å². The van der Waals surface area contributed by atoms with E-state index in [2.05, 4.69) is 41.0 Å². The fourth-order valence-corrected chi connectivity index (χ4v) is 3.54. The van der Waals surface area contributed by atoms with Crippen LogP contribution in [0.25, 0.3) is 0 Å². The van der Waals surface area contributed by atoms with Gasteiger partial charge in [0.25, 0.3) is 0 Å². The van der Waals surface area contributed by atoms with Gasteiger partial charge in [-0.1, -0.05) is 32.4 Å². The number of carbonyl (C=O) groups is 1. The van der Waals surface area contributed by atoms with E-state index in [1.54, 1.807) is 18.3 Å². The van der Waals surface area contributed by atoms with E-state index >= 15 is 0 Å². The van der Waals surface area contributed by atoms with Crippen molar-refractivity contribution >= 4 is 34.8 Å². The molecule has 0 saturated carbocycles. The maximum absolute atomic E-state index is 11.4. The van der Waals surface area contributed by atoms with Gasteiger partial charge in [0.15, 0.2) is 11.6 Å². The molecule has 0 aromatic carbocycles. The number of pyridine rings is 1. The average molecular weight is 463 g/mol. The number of nitrogens with zero attached hydrogens (tertiary/aromatic N) is 5. The molecule has 1 amide bonds. The number of rotatable bonds is 7. The first kappa shape index (κ1) is 23.8. The number of anilines is 3. The van der Waals surface area contributed by atoms with Crippen LogP contribution in [-0.4, -0.2) is 46.6 Å². The number of nitrogens with two attached hydrogens (primary N) is 2. The predicted octanol–water partition coefficient (Wildman–Crippen LogP) is 2.13. The molecule has 11 heteroatoms. The number of halogens is 1. The molecular weight excluding hydrogens is 432 g/mol. The summed E-state index contributed by atoms with van der Waals surface area (Å²) in [5.74, 6) is 7.12. The number of carbonyl (C=O) groups excluding carboxylic acids is 1. The second-order valence-corrected chi connectivity index (χ2v) is 9.52. The molecule has 1 unspecified atom stereocenters. The number of nitrogens with one attached hydrogen (secondary N) is 1. The molecule has 2 aromatic heterocycles. The molecule has 1 atom stereocenters. The molecule has 10 nitrogen and oxygen atoms in total. The first-order chi connectivity index (χ1) is 15.0. The Morgan fingerprint density at radius 2 is 2.16 bits per heavy atom. The summed E-state index contributed by atoms with van der Waals surface area (Å²) in [6.07, 6.45) is 2.43. The van der Waals surface area contributed by atoms with Crippen molar-refractivity contribution in [3.05, 3.63) is 29.0 Å². The Balaban J connectivity index is 1.92. The van der Waals surface area contributed by atoms with Crippen molar-refractivity contribution in [2.24, 2.45) is 11.3 Å². The average Bonchev–Trinajstić information content (AvgIpc) is 3.15. The number of aromatic nitrogens is 3. The Morgan fingerprint density at radius 3 is 2.81 bits per heavy atom. The standard InChI is InChI=1S/C21H31ClN8O2/c1-13(31)26-14-7-9-29(10-14)18-17(23)19(28-20(27-18)32-12-21(2,3)4)30(24)11-16-15(22)6-5-8-25-16/h5-6,8,14H,7,9-12,23-24H2,1-4H3,(H,26,31). The van der Waals surface area contributed by atoms with E-state index < -0.39 is 0 Å². The van der Waals surface area contributed by atoms with Gasteiger partial charge in [-0.05, 0) is 24.0 Å². The number of amides is 1. The molecule has 0 radical (unpaired) electrons. The number of hydrogen-bond acceptors (Lipinski definition) is 9. The van der Waals surface area contributed by atoms with Crippen molar-refractivity contribution in [1.82, 2.24) is 20.3 Å². The van der Waals surface area contributed by atoms with Gasteiger partial charge in [-0.3, -0.25) is 14.8 Å². The Morgan fingerprint density at radius 1 is 1.41 bits per heavy atom. The third-order valence-electron chi connectivity index (χ3n) is 4.84. The van der Waals surface area contributed by atoms with Crippen LogP contribution in [-0.2, 0) is 11.3 Å². The summed E-state index contributed by atoms with van der Waals surface area (Å²) >= 11 is 6.24. The Labute approximate surface area is 193 Å². The molecule has 32 heavy (non-hydrogen) atoms. The van der Waals surface area contributed by atoms with E-state index in [-0.39, 0.29) is 29.9 Å². The monoisotopic (exact) mass is 462 g/mol.